The summed E-state index contributed by atoms with van der Waals surface area (Å²) in [7, 11) is -4.04. The monoisotopic (exact) mass is 206 g/mol. The van der Waals surface area contributed by atoms with Gasteiger partial charge in [0, 0.05) is 0 Å². The highest BCUT2D eigenvalue weighted by molar-refractivity contribution is 7.45. The molecule has 0 aliphatic carbocycles. The maximum atomic E-state index is 11.3. The standard InChI is InChI=1S/C8H16NO3P/c1-2-6-9(13(10,11)12)7-4-3-5-8-9/h2,6H,3-5,7-8H2,1H3,(H-,10,11,12)/p+1. The van der Waals surface area contributed by atoms with Gasteiger partial charge in [-0.25, -0.2) is 8.82 Å². The molecule has 4 nitrogen and oxygen atoms in total. The number of likely N-dealkylation sites (tertiary alicyclic amines) is 1. The predicted molar refractivity (Wildman–Crippen MR) is 50.7 cm³/mol. The summed E-state index contributed by atoms with van der Waals surface area (Å²) in [5.41, 5.74) is 0. The molecule has 0 spiro atoms. The molecule has 1 fully saturated rings. The van der Waals surface area contributed by atoms with Crippen LogP contribution in [0.3, 0.4) is 0 Å². The van der Waals surface area contributed by atoms with Crippen molar-refractivity contribution in [2.24, 2.45) is 0 Å². The molecule has 1 heterocycles. The summed E-state index contributed by atoms with van der Waals surface area (Å²) in [6.07, 6.45) is 6.24. The molecule has 1 saturated heterocycles. The van der Waals surface area contributed by atoms with E-state index >= 15 is 0 Å². The molecule has 0 amide bonds. The van der Waals surface area contributed by atoms with Gasteiger partial charge in [-0.2, -0.15) is 0 Å². The molecule has 0 saturated carbocycles. The minimum Gasteiger partial charge on any atom is -0.278 e. The van der Waals surface area contributed by atoms with Crippen molar-refractivity contribution in [1.29, 1.82) is 0 Å². The third kappa shape index (κ3) is 2.20. The van der Waals surface area contributed by atoms with Crippen molar-refractivity contribution < 1.29 is 18.6 Å². The normalized spacial score (nSPS) is 23.6. The molecule has 0 aromatic rings. The summed E-state index contributed by atoms with van der Waals surface area (Å²) in [6, 6.07) is 0. The first-order valence-electron chi connectivity index (χ1n) is 4.58. The van der Waals surface area contributed by atoms with Crippen molar-refractivity contribution in [2.75, 3.05) is 13.1 Å². The van der Waals surface area contributed by atoms with Gasteiger partial charge in [-0.1, -0.05) is 0 Å². The third-order valence-electron chi connectivity index (χ3n) is 2.54. The van der Waals surface area contributed by atoms with Crippen LogP contribution in [0.1, 0.15) is 26.2 Å². The van der Waals surface area contributed by atoms with E-state index in [-0.39, 0.29) is 4.25 Å². The van der Waals surface area contributed by atoms with Crippen LogP contribution in [0.4, 0.5) is 0 Å². The molecule has 1 aliphatic heterocycles. The van der Waals surface area contributed by atoms with E-state index in [0.717, 1.165) is 19.3 Å². The van der Waals surface area contributed by atoms with Crippen LogP contribution >= 0.6 is 7.75 Å². The molecule has 0 bridgehead atoms. The van der Waals surface area contributed by atoms with Gasteiger partial charge >= 0.3 is 7.75 Å². The first-order valence-corrected chi connectivity index (χ1v) is 6.15. The smallest absolute Gasteiger partial charge is 0.278 e. The van der Waals surface area contributed by atoms with E-state index in [2.05, 4.69) is 0 Å². The zero-order valence-corrected chi connectivity index (χ0v) is 8.78. The number of rotatable bonds is 2. The number of hydrogen-bond donors (Lipinski definition) is 2. The average Bonchev–Trinajstić information content (AvgIpc) is 2.04. The molecular weight excluding hydrogens is 189 g/mol. The van der Waals surface area contributed by atoms with Crippen molar-refractivity contribution in [3.63, 3.8) is 0 Å². The Morgan fingerprint density at radius 3 is 2.15 bits per heavy atom. The van der Waals surface area contributed by atoms with Gasteiger partial charge in [-0.3, -0.25) is 9.79 Å². The summed E-state index contributed by atoms with van der Waals surface area (Å²) < 4.78 is 11.2. The van der Waals surface area contributed by atoms with E-state index in [4.69, 9.17) is 0 Å². The fraction of sp³-hybridized carbons (Fsp3) is 0.750. The molecule has 1 aliphatic rings. The topological polar surface area (TPSA) is 57.5 Å². The Hall–Kier alpha value is -0.150. The number of hydrogen-bond acceptors (Lipinski definition) is 1. The first kappa shape index (κ1) is 10.9. The van der Waals surface area contributed by atoms with Gasteiger partial charge < -0.3 is 0 Å². The SMILES string of the molecule is CC=C[N+]1(P(=O)(O)O)CCCCC1. The molecule has 0 aromatic heterocycles. The summed E-state index contributed by atoms with van der Waals surface area (Å²) in [4.78, 5) is 18.5. The second-order valence-electron chi connectivity index (χ2n) is 3.49. The van der Waals surface area contributed by atoms with Crippen LogP contribution in [0.2, 0.25) is 0 Å². The second kappa shape index (κ2) is 3.93. The zero-order valence-electron chi connectivity index (χ0n) is 7.89. The van der Waals surface area contributed by atoms with Gasteiger partial charge in [0.1, 0.15) is 0 Å². The molecule has 0 unspecified atom stereocenters. The molecular formula is C8H17NO3P+. The van der Waals surface area contributed by atoms with Crippen LogP contribution in [0, 0.1) is 0 Å². The molecule has 0 radical (unpaired) electrons. The van der Waals surface area contributed by atoms with Crippen molar-refractivity contribution in [1.82, 2.24) is 0 Å². The fourth-order valence-corrected chi connectivity index (χ4v) is 2.94. The number of nitrogens with zero attached hydrogens (tertiary/aromatic N) is 1. The lowest BCUT2D eigenvalue weighted by Crippen LogP contribution is -2.43. The van der Waals surface area contributed by atoms with Crippen LogP contribution in [0.15, 0.2) is 12.3 Å². The lowest BCUT2D eigenvalue weighted by Gasteiger charge is -2.37. The second-order valence-corrected chi connectivity index (χ2v) is 5.31. The number of allylic oxidation sites excluding steroid dienone is 1. The zero-order chi connectivity index (χ0) is 9.95. The third-order valence-corrected chi connectivity index (χ3v) is 4.11. The summed E-state index contributed by atoms with van der Waals surface area (Å²) in [6.45, 7) is 2.92. The van der Waals surface area contributed by atoms with E-state index in [1.165, 1.54) is 0 Å². The maximum absolute atomic E-state index is 11.3. The van der Waals surface area contributed by atoms with Crippen LogP contribution in [0.5, 0.6) is 0 Å². The Morgan fingerprint density at radius 1 is 1.23 bits per heavy atom. The van der Waals surface area contributed by atoms with E-state index in [1.807, 2.05) is 0 Å². The van der Waals surface area contributed by atoms with Gasteiger partial charge in [0.2, 0.25) is 0 Å². The van der Waals surface area contributed by atoms with E-state index < -0.39 is 7.75 Å². The Labute approximate surface area is 78.7 Å². The quantitative estimate of drug-likeness (QED) is 0.675. The summed E-state index contributed by atoms with van der Waals surface area (Å²) >= 11 is 0. The van der Waals surface area contributed by atoms with Crippen LogP contribution < -0.4 is 0 Å². The average molecular weight is 206 g/mol. The van der Waals surface area contributed by atoms with Gasteiger partial charge in [0.25, 0.3) is 0 Å². The number of piperidine rings is 1. The van der Waals surface area contributed by atoms with Crippen LogP contribution in [0.25, 0.3) is 0 Å². The van der Waals surface area contributed by atoms with Gasteiger partial charge in [-0.05, 0) is 32.3 Å². The molecule has 2 N–H and O–H groups in total. The minimum atomic E-state index is -4.04. The highest BCUT2D eigenvalue weighted by atomic mass is 31.2. The highest BCUT2D eigenvalue weighted by Crippen LogP contribution is 2.50. The highest BCUT2D eigenvalue weighted by Gasteiger charge is 2.44. The largest absolute Gasteiger partial charge is 0.531 e. The molecule has 13 heavy (non-hydrogen) atoms. The molecule has 0 aromatic carbocycles. The van der Waals surface area contributed by atoms with E-state index in [1.54, 1.807) is 19.2 Å². The maximum Gasteiger partial charge on any atom is 0.531 e. The lowest BCUT2D eigenvalue weighted by molar-refractivity contribution is -0.776. The van der Waals surface area contributed by atoms with E-state index in [0.29, 0.717) is 13.1 Å². The fourth-order valence-electron chi connectivity index (χ4n) is 1.83. The van der Waals surface area contributed by atoms with Crippen molar-refractivity contribution >= 4 is 7.75 Å². The predicted octanol–water partition coefficient (Wildman–Crippen LogP) is 1.61. The Kier molecular flexibility index (Phi) is 3.30. The van der Waals surface area contributed by atoms with Gasteiger partial charge in [0.05, 0.1) is 19.3 Å². The Morgan fingerprint density at radius 2 is 1.77 bits per heavy atom. The summed E-state index contributed by atoms with van der Waals surface area (Å²) in [5, 5.41) is 0. The Bertz CT molecular complexity index is 240. The lowest BCUT2D eigenvalue weighted by atomic mass is 10.1. The Balaban J connectivity index is 2.92. The minimum absolute atomic E-state index is 0.149. The first-order chi connectivity index (χ1) is 6.02. The van der Waals surface area contributed by atoms with E-state index in [9.17, 15) is 14.4 Å². The van der Waals surface area contributed by atoms with Gasteiger partial charge in [-0.15, -0.1) is 0 Å². The number of quaternary nitrogens is 1. The molecule has 0 atom stereocenters. The molecule has 1 rings (SSSR count). The van der Waals surface area contributed by atoms with Crippen LogP contribution in [-0.2, 0) is 4.57 Å². The molecule has 5 heteroatoms. The van der Waals surface area contributed by atoms with Gasteiger partial charge in [0.15, 0.2) is 0 Å². The molecule has 76 valence electrons. The van der Waals surface area contributed by atoms with Crippen molar-refractivity contribution in [2.45, 2.75) is 26.2 Å². The van der Waals surface area contributed by atoms with Crippen molar-refractivity contribution in [3.8, 4) is 0 Å². The van der Waals surface area contributed by atoms with Crippen molar-refractivity contribution in [3.05, 3.63) is 12.3 Å². The summed E-state index contributed by atoms with van der Waals surface area (Å²) in [5.74, 6) is 0. The van der Waals surface area contributed by atoms with Crippen LogP contribution in [-0.4, -0.2) is 27.1 Å².